The molecule has 1 amide bonds. The topological polar surface area (TPSA) is 114 Å². The Morgan fingerprint density at radius 2 is 2.19 bits per heavy atom. The van der Waals surface area contributed by atoms with E-state index in [-0.39, 0.29) is 23.7 Å². The second-order valence-corrected chi connectivity index (χ2v) is 6.63. The molecule has 1 aromatic carbocycles. The van der Waals surface area contributed by atoms with Crippen molar-refractivity contribution in [3.05, 3.63) is 34.8 Å². The molecule has 1 fully saturated rings. The number of nitrogens with zero attached hydrogens (tertiary/aromatic N) is 2. The molecule has 1 aliphatic rings. The van der Waals surface area contributed by atoms with E-state index < -0.39 is 36.3 Å². The normalized spacial score (nSPS) is 22.6. The summed E-state index contributed by atoms with van der Waals surface area (Å²) in [6.45, 7) is -0.337. The molecule has 0 unspecified atom stereocenters. The Labute approximate surface area is 154 Å². The fourth-order valence-electron chi connectivity index (χ4n) is 2.47. The number of aliphatic hydroxyl groups is 2. The molecule has 12 heteroatoms. The Hall–Kier alpha value is -2.28. The first kappa shape index (κ1) is 19.5. The SMILES string of the molecule is O=C(Nc1nnc([C@H]2C[C@H](O)[C@@H](CO)O2)s1)c1cccc(OC(F)(F)F)c1. The molecule has 2 aromatic rings. The molecule has 1 aromatic heterocycles. The molecule has 1 saturated heterocycles. The quantitative estimate of drug-likeness (QED) is 0.696. The molecule has 8 nitrogen and oxygen atoms in total. The van der Waals surface area contributed by atoms with Crippen LogP contribution < -0.4 is 10.1 Å². The molecule has 27 heavy (non-hydrogen) atoms. The van der Waals surface area contributed by atoms with Gasteiger partial charge < -0.3 is 19.7 Å². The van der Waals surface area contributed by atoms with Crippen LogP contribution in [0.3, 0.4) is 0 Å². The molecule has 0 saturated carbocycles. The molecule has 0 radical (unpaired) electrons. The van der Waals surface area contributed by atoms with Crippen molar-refractivity contribution in [2.75, 3.05) is 11.9 Å². The highest BCUT2D eigenvalue weighted by Gasteiger charge is 2.36. The lowest BCUT2D eigenvalue weighted by molar-refractivity contribution is -0.274. The standard InChI is InChI=1S/C15H14F3N3O5S/c16-15(17,18)26-8-3-1-2-7(4-8)12(24)19-14-21-20-13(27-14)10-5-9(23)11(6-22)25-10/h1-4,9-11,22-23H,5-6H2,(H,19,21,24)/t9-,10+,11+/m0/s1. The summed E-state index contributed by atoms with van der Waals surface area (Å²) < 4.78 is 46.0. The first-order chi connectivity index (χ1) is 12.7. The zero-order chi connectivity index (χ0) is 19.6. The largest absolute Gasteiger partial charge is 0.573 e. The van der Waals surface area contributed by atoms with E-state index in [4.69, 9.17) is 9.84 Å². The Morgan fingerprint density at radius 3 is 2.85 bits per heavy atom. The van der Waals surface area contributed by atoms with Gasteiger partial charge in [-0.05, 0) is 18.2 Å². The number of ether oxygens (including phenoxy) is 2. The fourth-order valence-corrected chi connectivity index (χ4v) is 3.26. The summed E-state index contributed by atoms with van der Waals surface area (Å²) in [7, 11) is 0. The number of alkyl halides is 3. The van der Waals surface area contributed by atoms with Crippen molar-refractivity contribution in [2.24, 2.45) is 0 Å². The molecule has 2 heterocycles. The van der Waals surface area contributed by atoms with Gasteiger partial charge in [0.1, 0.15) is 23.0 Å². The van der Waals surface area contributed by atoms with Crippen LogP contribution in [0.1, 0.15) is 27.9 Å². The lowest BCUT2D eigenvalue weighted by atomic mass is 10.1. The Bertz CT molecular complexity index is 816. The summed E-state index contributed by atoms with van der Waals surface area (Å²) in [5.41, 5.74) is -0.0543. The van der Waals surface area contributed by atoms with E-state index in [1.807, 2.05) is 0 Å². The van der Waals surface area contributed by atoms with Gasteiger partial charge in [-0.25, -0.2) is 0 Å². The Kier molecular flexibility index (Phi) is 5.60. The van der Waals surface area contributed by atoms with Crippen LogP contribution in [0.15, 0.2) is 24.3 Å². The Balaban J connectivity index is 1.65. The summed E-state index contributed by atoms with van der Waals surface area (Å²) in [6, 6.07) is 4.60. The molecule has 3 rings (SSSR count). The predicted molar refractivity (Wildman–Crippen MR) is 86.3 cm³/mol. The number of amides is 1. The monoisotopic (exact) mass is 405 g/mol. The van der Waals surface area contributed by atoms with Gasteiger partial charge in [-0.3, -0.25) is 10.1 Å². The van der Waals surface area contributed by atoms with Gasteiger partial charge in [0.15, 0.2) is 0 Å². The average Bonchev–Trinajstić information content (AvgIpc) is 3.19. The lowest BCUT2D eigenvalue weighted by Crippen LogP contribution is -2.24. The van der Waals surface area contributed by atoms with E-state index >= 15 is 0 Å². The number of aromatic nitrogens is 2. The van der Waals surface area contributed by atoms with E-state index in [1.54, 1.807) is 0 Å². The van der Waals surface area contributed by atoms with Crippen LogP contribution in [0.25, 0.3) is 0 Å². The maximum absolute atomic E-state index is 12.3. The highest BCUT2D eigenvalue weighted by atomic mass is 32.1. The van der Waals surface area contributed by atoms with Crippen molar-refractivity contribution in [3.63, 3.8) is 0 Å². The number of halogens is 3. The van der Waals surface area contributed by atoms with E-state index in [0.29, 0.717) is 5.01 Å². The number of hydrogen-bond donors (Lipinski definition) is 3. The van der Waals surface area contributed by atoms with Gasteiger partial charge in [0.25, 0.3) is 5.91 Å². The van der Waals surface area contributed by atoms with Gasteiger partial charge in [-0.1, -0.05) is 17.4 Å². The highest BCUT2D eigenvalue weighted by Crippen LogP contribution is 2.35. The molecule has 3 N–H and O–H groups in total. The minimum Gasteiger partial charge on any atom is -0.406 e. The minimum atomic E-state index is -4.86. The van der Waals surface area contributed by atoms with Gasteiger partial charge in [-0.2, -0.15) is 0 Å². The van der Waals surface area contributed by atoms with Crippen LogP contribution in [-0.4, -0.2) is 51.5 Å². The predicted octanol–water partition coefficient (Wildman–Crippen LogP) is 1.87. The number of carbonyl (C=O) groups excluding carboxylic acids is 1. The van der Waals surface area contributed by atoms with E-state index in [9.17, 15) is 23.1 Å². The number of rotatable bonds is 5. The van der Waals surface area contributed by atoms with E-state index in [0.717, 1.165) is 23.5 Å². The van der Waals surface area contributed by atoms with Crippen molar-refractivity contribution in [2.45, 2.75) is 31.1 Å². The minimum absolute atomic E-state index is 0.0543. The average molecular weight is 405 g/mol. The van der Waals surface area contributed by atoms with Gasteiger partial charge in [0.05, 0.1) is 12.7 Å². The zero-order valence-corrected chi connectivity index (χ0v) is 14.3. The van der Waals surface area contributed by atoms with Crippen LogP contribution in [0.5, 0.6) is 5.75 Å². The van der Waals surface area contributed by atoms with Crippen molar-refractivity contribution in [1.82, 2.24) is 10.2 Å². The lowest BCUT2D eigenvalue weighted by Gasteiger charge is -2.10. The van der Waals surface area contributed by atoms with Gasteiger partial charge in [-0.15, -0.1) is 23.4 Å². The number of anilines is 1. The molecular weight excluding hydrogens is 391 g/mol. The van der Waals surface area contributed by atoms with Crippen molar-refractivity contribution >= 4 is 22.4 Å². The molecule has 0 spiro atoms. The van der Waals surface area contributed by atoms with Crippen molar-refractivity contribution in [3.8, 4) is 5.75 Å². The zero-order valence-electron chi connectivity index (χ0n) is 13.5. The first-order valence-electron chi connectivity index (χ1n) is 7.70. The van der Waals surface area contributed by atoms with Gasteiger partial charge in [0, 0.05) is 12.0 Å². The molecule has 1 aliphatic heterocycles. The second-order valence-electron chi connectivity index (χ2n) is 5.62. The van der Waals surface area contributed by atoms with Crippen molar-refractivity contribution in [1.29, 1.82) is 0 Å². The van der Waals surface area contributed by atoms with E-state index in [2.05, 4.69) is 20.3 Å². The smallest absolute Gasteiger partial charge is 0.406 e. The number of carbonyl (C=O) groups is 1. The number of benzene rings is 1. The van der Waals surface area contributed by atoms with Gasteiger partial charge in [0.2, 0.25) is 5.13 Å². The molecule has 0 bridgehead atoms. The molecule has 3 atom stereocenters. The molecule has 0 aliphatic carbocycles. The third-order valence-electron chi connectivity index (χ3n) is 3.67. The van der Waals surface area contributed by atoms with Crippen molar-refractivity contribution < 1.29 is 37.7 Å². The van der Waals surface area contributed by atoms with E-state index in [1.165, 1.54) is 12.1 Å². The number of nitrogens with one attached hydrogen (secondary N) is 1. The third-order valence-corrected chi connectivity index (χ3v) is 4.60. The summed E-state index contributed by atoms with van der Waals surface area (Å²) in [5, 5.41) is 29.4. The number of aliphatic hydroxyl groups excluding tert-OH is 2. The van der Waals surface area contributed by atoms with Crippen LogP contribution in [0.2, 0.25) is 0 Å². The highest BCUT2D eigenvalue weighted by molar-refractivity contribution is 7.15. The summed E-state index contributed by atoms with van der Waals surface area (Å²) in [6.07, 6.45) is -6.75. The van der Waals surface area contributed by atoms with Gasteiger partial charge >= 0.3 is 6.36 Å². The Morgan fingerprint density at radius 1 is 1.41 bits per heavy atom. The first-order valence-corrected chi connectivity index (χ1v) is 8.52. The van der Waals surface area contributed by atoms with Crippen LogP contribution in [-0.2, 0) is 4.74 Å². The molecular formula is C15H14F3N3O5S. The summed E-state index contributed by atoms with van der Waals surface area (Å²) >= 11 is 0.999. The fraction of sp³-hybridized carbons (Fsp3) is 0.400. The van der Waals surface area contributed by atoms with Crippen LogP contribution in [0.4, 0.5) is 18.3 Å². The summed E-state index contributed by atoms with van der Waals surface area (Å²) in [4.78, 5) is 12.2. The van der Waals surface area contributed by atoms with Crippen LogP contribution in [0, 0.1) is 0 Å². The maximum atomic E-state index is 12.3. The third kappa shape index (κ3) is 4.91. The second kappa shape index (κ2) is 7.76. The summed E-state index contributed by atoms with van der Waals surface area (Å²) in [5.74, 6) is -1.21. The van der Waals surface area contributed by atoms with Crippen LogP contribution >= 0.6 is 11.3 Å². The number of hydrogen-bond acceptors (Lipinski definition) is 8. The maximum Gasteiger partial charge on any atom is 0.573 e. The molecule has 146 valence electrons.